The summed E-state index contributed by atoms with van der Waals surface area (Å²) in [6.07, 6.45) is 6.81. The van der Waals surface area contributed by atoms with Crippen LogP contribution in [0.4, 0.5) is 0 Å². The van der Waals surface area contributed by atoms with Crippen LogP contribution in [0.5, 0.6) is 0 Å². The third-order valence-corrected chi connectivity index (χ3v) is 4.71. The van der Waals surface area contributed by atoms with Gasteiger partial charge in [-0.05, 0) is 91.3 Å². The van der Waals surface area contributed by atoms with Gasteiger partial charge in [0.1, 0.15) is 0 Å². The van der Waals surface area contributed by atoms with E-state index in [1.54, 1.807) is 0 Å². The zero-order valence-electron chi connectivity index (χ0n) is 31.3. The predicted molar refractivity (Wildman–Crippen MR) is 183 cm³/mol. The lowest BCUT2D eigenvalue weighted by molar-refractivity contribution is 0.469. The molecule has 37 heavy (non-hydrogen) atoms. The first-order valence-electron chi connectivity index (χ1n) is 16.6. The van der Waals surface area contributed by atoms with Crippen molar-refractivity contribution < 1.29 is 0 Å². The summed E-state index contributed by atoms with van der Waals surface area (Å²) < 4.78 is 0. The molecule has 0 aromatic heterocycles. The van der Waals surface area contributed by atoms with Crippen molar-refractivity contribution in [3.63, 3.8) is 0 Å². The maximum Gasteiger partial charge on any atom is -0.0469 e. The number of hydrogen-bond donors (Lipinski definition) is 0. The van der Waals surface area contributed by atoms with Gasteiger partial charge in [-0.2, -0.15) is 0 Å². The fourth-order valence-corrected chi connectivity index (χ4v) is 4.71. The van der Waals surface area contributed by atoms with E-state index in [-0.39, 0.29) is 0 Å². The van der Waals surface area contributed by atoms with Crippen LogP contribution in [0.15, 0.2) is 0 Å². The highest BCUT2D eigenvalue weighted by Gasteiger charge is 1.98. The van der Waals surface area contributed by atoms with Crippen molar-refractivity contribution in [1.29, 1.82) is 0 Å². The Bertz CT molecular complexity index is 228. The molecule has 0 atom stereocenters. The Morgan fingerprint density at radius 3 is 0.243 bits per heavy atom. The highest BCUT2D eigenvalue weighted by molar-refractivity contribution is 4.50. The second-order valence-electron chi connectivity index (χ2n) is 15.1. The predicted octanol–water partition coefficient (Wildman–Crippen LogP) is 14.5. The maximum atomic E-state index is 2.26. The van der Waals surface area contributed by atoms with Crippen molar-refractivity contribution in [2.75, 3.05) is 0 Å². The molecule has 234 valence electrons. The number of hydrogen-bond acceptors (Lipinski definition) is 0. The van der Waals surface area contributed by atoms with Gasteiger partial charge in [0.15, 0.2) is 0 Å². The molecule has 0 heterocycles. The van der Waals surface area contributed by atoms with E-state index in [9.17, 15) is 0 Å². The van der Waals surface area contributed by atoms with Gasteiger partial charge in [0.25, 0.3) is 0 Å². The molecule has 0 aliphatic carbocycles. The molecule has 0 aromatic carbocycles. The largest absolute Gasteiger partial charge is 0.0683 e. The summed E-state index contributed by atoms with van der Waals surface area (Å²) in [5.74, 6) is 8.75. The Balaban J connectivity index is -0.0000000797. The summed E-state index contributed by atoms with van der Waals surface area (Å²) >= 11 is 0. The van der Waals surface area contributed by atoms with Crippen LogP contribution < -0.4 is 0 Å². The van der Waals surface area contributed by atoms with Crippen LogP contribution >= 0.6 is 0 Å². The van der Waals surface area contributed by atoms with Gasteiger partial charge in [-0.15, -0.1) is 0 Å². The van der Waals surface area contributed by atoms with Crippen molar-refractivity contribution in [2.24, 2.45) is 59.2 Å². The van der Waals surface area contributed by atoms with Crippen LogP contribution in [0, 0.1) is 59.2 Å². The minimum atomic E-state index is 0.875. The van der Waals surface area contributed by atoms with Crippen molar-refractivity contribution in [3.8, 4) is 0 Å². The first-order valence-corrected chi connectivity index (χ1v) is 16.6. The van der Waals surface area contributed by atoms with Crippen LogP contribution in [-0.2, 0) is 0 Å². The molecule has 0 heteroatoms. The minimum absolute atomic E-state index is 0.875. The van der Waals surface area contributed by atoms with Crippen LogP contribution in [-0.4, -0.2) is 0 Å². The van der Waals surface area contributed by atoms with Crippen LogP contribution in [0.25, 0.3) is 0 Å². The Labute approximate surface area is 243 Å². The van der Waals surface area contributed by atoms with Gasteiger partial charge < -0.3 is 0 Å². The van der Waals surface area contributed by atoms with Gasteiger partial charge in [0.05, 0.1) is 0 Å². The van der Waals surface area contributed by atoms with Crippen LogP contribution in [0.3, 0.4) is 0 Å². The smallest absolute Gasteiger partial charge is 0.0469 e. The Kier molecular flexibility index (Phi) is 48.5. The molecule has 0 aliphatic rings. The molecule has 0 rings (SSSR count). The summed E-state index contributed by atoms with van der Waals surface area (Å²) in [6, 6.07) is 0. The minimum Gasteiger partial charge on any atom is -0.0683 e. The Hall–Kier alpha value is 0. The van der Waals surface area contributed by atoms with E-state index in [4.69, 9.17) is 0 Å². The zero-order chi connectivity index (χ0) is 31.3. The van der Waals surface area contributed by atoms with Gasteiger partial charge in [-0.1, -0.05) is 152 Å². The molecule has 0 radical (unpaired) electrons. The molecular formula is C37H86. The molecule has 0 nitrogen and oxygen atoms in total. The van der Waals surface area contributed by atoms with E-state index < -0.39 is 0 Å². The van der Waals surface area contributed by atoms with E-state index in [2.05, 4.69) is 138 Å². The maximum absolute atomic E-state index is 2.26. The summed E-state index contributed by atoms with van der Waals surface area (Å²) in [6.45, 7) is 49.3. The van der Waals surface area contributed by atoms with Gasteiger partial charge in [0.2, 0.25) is 0 Å². The van der Waals surface area contributed by atoms with Crippen molar-refractivity contribution >= 4 is 0 Å². The molecule has 0 unspecified atom stereocenters. The molecule has 0 amide bonds. The Morgan fingerprint density at radius 2 is 0.243 bits per heavy atom. The van der Waals surface area contributed by atoms with E-state index >= 15 is 0 Å². The normalized spacial score (nSPS) is 10.7. The zero-order valence-corrected chi connectivity index (χ0v) is 31.3. The molecule has 0 spiro atoms. The fourth-order valence-electron chi connectivity index (χ4n) is 4.71. The van der Waals surface area contributed by atoms with Crippen molar-refractivity contribution in [3.05, 3.63) is 0 Å². The molecule has 0 saturated heterocycles. The standard InChI is InChI=1S/5C7H16.C2H6/c5*1-6(2)5-7(3)4;1-2/h5*6-7H,5H2,1-4H3;1-2H3. The monoisotopic (exact) mass is 531 g/mol. The summed E-state index contributed by atoms with van der Waals surface area (Å²) in [5.41, 5.74) is 0. The fraction of sp³-hybridized carbons (Fsp3) is 1.00. The van der Waals surface area contributed by atoms with E-state index in [0.29, 0.717) is 0 Å². The molecule has 0 saturated carbocycles. The van der Waals surface area contributed by atoms with Crippen LogP contribution in [0.1, 0.15) is 184 Å². The SMILES string of the molecule is CC.CC(C)CC(C)C.CC(C)CC(C)C.CC(C)CC(C)C.CC(C)CC(C)C.CC(C)CC(C)C. The van der Waals surface area contributed by atoms with Gasteiger partial charge in [-0.25, -0.2) is 0 Å². The second-order valence-corrected chi connectivity index (χ2v) is 15.1. The molecule has 0 N–H and O–H groups in total. The lowest BCUT2D eigenvalue weighted by atomic mass is 10.0. The topological polar surface area (TPSA) is 0 Å². The van der Waals surface area contributed by atoms with E-state index in [1.165, 1.54) is 32.1 Å². The number of rotatable bonds is 10. The lowest BCUT2D eigenvalue weighted by Gasteiger charge is -2.05. The highest BCUT2D eigenvalue weighted by atomic mass is 14.0. The summed E-state index contributed by atoms with van der Waals surface area (Å²) in [7, 11) is 0. The molecule has 0 aliphatic heterocycles. The molecule has 0 fully saturated rings. The van der Waals surface area contributed by atoms with Crippen molar-refractivity contribution in [1.82, 2.24) is 0 Å². The average molecular weight is 531 g/mol. The lowest BCUT2D eigenvalue weighted by Crippen LogP contribution is -1.93. The van der Waals surface area contributed by atoms with Gasteiger partial charge >= 0.3 is 0 Å². The van der Waals surface area contributed by atoms with E-state index in [1.807, 2.05) is 13.8 Å². The molecule has 0 bridgehead atoms. The van der Waals surface area contributed by atoms with E-state index in [0.717, 1.165) is 59.2 Å². The molecule has 0 aromatic rings. The van der Waals surface area contributed by atoms with Gasteiger partial charge in [0, 0.05) is 0 Å². The third kappa shape index (κ3) is 104. The second kappa shape index (κ2) is 36.0. The highest BCUT2D eigenvalue weighted by Crippen LogP contribution is 2.10. The van der Waals surface area contributed by atoms with Gasteiger partial charge in [-0.3, -0.25) is 0 Å². The first kappa shape index (κ1) is 49.9. The van der Waals surface area contributed by atoms with Crippen LogP contribution in [0.2, 0.25) is 0 Å². The summed E-state index contributed by atoms with van der Waals surface area (Å²) in [4.78, 5) is 0. The quantitative estimate of drug-likeness (QED) is 0.263. The Morgan fingerprint density at radius 1 is 0.189 bits per heavy atom. The molecular weight excluding hydrogens is 444 g/mol. The third-order valence-electron chi connectivity index (χ3n) is 4.71. The van der Waals surface area contributed by atoms with Crippen molar-refractivity contribution in [2.45, 2.75) is 184 Å². The first-order chi connectivity index (χ1) is 16.6. The average Bonchev–Trinajstić information content (AvgIpc) is 2.59. The summed E-state index contributed by atoms with van der Waals surface area (Å²) in [5, 5.41) is 0.